The first kappa shape index (κ1) is 18.6. The minimum absolute atomic E-state index is 0.716. The zero-order valence-electron chi connectivity index (χ0n) is 9.36. The number of hydrogen-bond acceptors (Lipinski definition) is 6. The molecule has 0 aromatic rings. The molecule has 0 spiro atoms. The Labute approximate surface area is 105 Å². The van der Waals surface area contributed by atoms with E-state index in [0.717, 1.165) is 0 Å². The third-order valence-electron chi connectivity index (χ3n) is 1.25. The molecule has 0 amide bonds. The predicted molar refractivity (Wildman–Crippen MR) is 54.4 cm³/mol. The van der Waals surface area contributed by atoms with Crippen molar-refractivity contribution < 1.29 is 49.2 Å². The van der Waals surface area contributed by atoms with Gasteiger partial charge in [-0.2, -0.15) is 0 Å². The number of rotatable bonds is 7. The fourth-order valence-corrected chi connectivity index (χ4v) is 0.613. The van der Waals surface area contributed by atoms with E-state index in [9.17, 15) is 28.8 Å². The summed E-state index contributed by atoms with van der Waals surface area (Å²) < 4.78 is 0. The van der Waals surface area contributed by atoms with E-state index in [1.807, 2.05) is 0 Å². The summed E-state index contributed by atoms with van der Waals surface area (Å²) in [6, 6.07) is 0. The zero-order chi connectivity index (χ0) is 15.6. The van der Waals surface area contributed by atoms with Crippen LogP contribution in [0.15, 0.2) is 0 Å². The molecule has 0 saturated carbocycles. The summed E-state index contributed by atoms with van der Waals surface area (Å²) in [5.74, 6) is -7.83. The second-order valence-electron chi connectivity index (χ2n) is 2.98. The molecule has 106 valence electrons. The van der Waals surface area contributed by atoms with Crippen LogP contribution in [0.4, 0.5) is 0 Å². The fraction of sp³-hybridized carbons (Fsp3) is 0.333. The number of ketones is 2. The Hall–Kier alpha value is -2.78. The van der Waals surface area contributed by atoms with Crippen molar-refractivity contribution in [2.75, 3.05) is 0 Å². The molecule has 0 bridgehead atoms. The zero-order valence-corrected chi connectivity index (χ0v) is 9.36. The highest BCUT2D eigenvalue weighted by Crippen LogP contribution is 1.88. The van der Waals surface area contributed by atoms with E-state index in [-0.39, 0.29) is 0 Å². The fourth-order valence-electron chi connectivity index (χ4n) is 0.613. The van der Waals surface area contributed by atoms with Crippen LogP contribution in [-0.4, -0.2) is 55.9 Å². The second-order valence-corrected chi connectivity index (χ2v) is 2.98. The largest absolute Gasteiger partial charge is 0.481 e. The van der Waals surface area contributed by atoms with Crippen LogP contribution in [0.1, 0.15) is 19.3 Å². The third kappa shape index (κ3) is 15.2. The predicted octanol–water partition coefficient (Wildman–Crippen LogP) is -1.38. The van der Waals surface area contributed by atoms with E-state index < -0.39 is 54.7 Å². The van der Waals surface area contributed by atoms with Gasteiger partial charge in [0.15, 0.2) is 5.78 Å². The highest BCUT2D eigenvalue weighted by molar-refractivity contribution is 6.35. The van der Waals surface area contributed by atoms with Crippen molar-refractivity contribution in [3.63, 3.8) is 0 Å². The molecule has 0 aromatic heterocycles. The minimum Gasteiger partial charge on any atom is -0.481 e. The Morgan fingerprint density at radius 1 is 0.579 bits per heavy atom. The molecule has 0 heterocycles. The van der Waals surface area contributed by atoms with Gasteiger partial charge in [0.25, 0.3) is 5.78 Å². The van der Waals surface area contributed by atoms with Crippen LogP contribution < -0.4 is 0 Å². The van der Waals surface area contributed by atoms with Crippen molar-refractivity contribution in [1.29, 1.82) is 0 Å². The molecule has 0 unspecified atom stereocenters. The number of carboxylic acids is 4. The van der Waals surface area contributed by atoms with Crippen molar-refractivity contribution in [3.8, 4) is 0 Å². The lowest BCUT2D eigenvalue weighted by atomic mass is 10.2. The standard InChI is InChI=1S/C5H6O5.C4H4O5/c6-3(1-4(7)8)2-5(9)10;5-2(4(8)9)1-3(6)7/h1-2H2,(H,7,8)(H,9,10);1H2,(H,6,7)(H,8,9). The van der Waals surface area contributed by atoms with E-state index in [1.54, 1.807) is 0 Å². The molecule has 0 radical (unpaired) electrons. The van der Waals surface area contributed by atoms with Gasteiger partial charge in [0.1, 0.15) is 19.3 Å². The molecule has 10 heteroatoms. The molecule has 0 atom stereocenters. The maximum atomic E-state index is 10.3. The van der Waals surface area contributed by atoms with Gasteiger partial charge < -0.3 is 20.4 Å². The van der Waals surface area contributed by atoms with Crippen molar-refractivity contribution in [2.24, 2.45) is 0 Å². The number of carbonyl (C=O) groups is 6. The van der Waals surface area contributed by atoms with Crippen LogP contribution in [0.25, 0.3) is 0 Å². The summed E-state index contributed by atoms with van der Waals surface area (Å²) in [7, 11) is 0. The van der Waals surface area contributed by atoms with Crippen molar-refractivity contribution in [2.45, 2.75) is 19.3 Å². The highest BCUT2D eigenvalue weighted by Gasteiger charge is 2.14. The average Bonchev–Trinajstić information content (AvgIpc) is 2.13. The van der Waals surface area contributed by atoms with E-state index in [4.69, 9.17) is 20.4 Å². The highest BCUT2D eigenvalue weighted by atomic mass is 16.4. The first-order valence-corrected chi connectivity index (χ1v) is 4.49. The quantitative estimate of drug-likeness (QED) is 0.319. The van der Waals surface area contributed by atoms with Gasteiger partial charge >= 0.3 is 23.9 Å². The van der Waals surface area contributed by atoms with Gasteiger partial charge in [-0.1, -0.05) is 0 Å². The Morgan fingerprint density at radius 3 is 1.05 bits per heavy atom. The molecule has 19 heavy (non-hydrogen) atoms. The van der Waals surface area contributed by atoms with Crippen LogP contribution >= 0.6 is 0 Å². The van der Waals surface area contributed by atoms with Crippen LogP contribution in [0.3, 0.4) is 0 Å². The van der Waals surface area contributed by atoms with Crippen molar-refractivity contribution in [3.05, 3.63) is 0 Å². The molecule has 0 fully saturated rings. The first-order valence-electron chi connectivity index (χ1n) is 4.49. The number of Topliss-reactive ketones (excluding diaryl/α,β-unsaturated/α-hetero) is 2. The van der Waals surface area contributed by atoms with Gasteiger partial charge in [0.05, 0.1) is 0 Å². The Kier molecular flexibility index (Phi) is 9.07. The van der Waals surface area contributed by atoms with Gasteiger partial charge in [0, 0.05) is 0 Å². The number of carboxylic acid groups (broad SMARTS) is 4. The van der Waals surface area contributed by atoms with Crippen molar-refractivity contribution >= 4 is 35.4 Å². The van der Waals surface area contributed by atoms with Crippen LogP contribution in [0, 0.1) is 0 Å². The number of carbonyl (C=O) groups excluding carboxylic acids is 2. The molecule has 0 aromatic carbocycles. The van der Waals surface area contributed by atoms with E-state index >= 15 is 0 Å². The molecular weight excluding hydrogens is 268 g/mol. The lowest BCUT2D eigenvalue weighted by Gasteiger charge is -1.89. The summed E-state index contributed by atoms with van der Waals surface area (Å²) >= 11 is 0. The summed E-state index contributed by atoms with van der Waals surface area (Å²) in [6.45, 7) is 0. The smallest absolute Gasteiger partial charge is 0.372 e. The average molecular weight is 278 g/mol. The third-order valence-corrected chi connectivity index (χ3v) is 1.25. The Bertz CT molecular complexity index is 389. The summed E-state index contributed by atoms with van der Waals surface area (Å²) in [4.78, 5) is 59.1. The minimum atomic E-state index is -1.71. The normalized spacial score (nSPS) is 8.63. The molecule has 0 rings (SSSR count). The maximum absolute atomic E-state index is 10.3. The van der Waals surface area contributed by atoms with Crippen LogP contribution in [-0.2, 0) is 28.8 Å². The molecule has 0 aliphatic rings. The van der Waals surface area contributed by atoms with E-state index in [0.29, 0.717) is 0 Å². The molecular formula is C9H10O10. The van der Waals surface area contributed by atoms with Crippen molar-refractivity contribution in [1.82, 2.24) is 0 Å². The van der Waals surface area contributed by atoms with E-state index in [2.05, 4.69) is 0 Å². The Morgan fingerprint density at radius 2 is 0.895 bits per heavy atom. The molecule has 10 nitrogen and oxygen atoms in total. The first-order chi connectivity index (χ1) is 8.56. The molecule has 4 N–H and O–H groups in total. The number of hydrogen-bond donors (Lipinski definition) is 4. The van der Waals surface area contributed by atoms with E-state index in [1.165, 1.54) is 0 Å². The lowest BCUT2D eigenvalue weighted by Crippen LogP contribution is -2.16. The Balaban J connectivity index is 0. The molecule has 0 saturated heterocycles. The summed E-state index contributed by atoms with van der Waals surface area (Å²) in [5.41, 5.74) is 0. The summed E-state index contributed by atoms with van der Waals surface area (Å²) in [5, 5.41) is 31.6. The lowest BCUT2D eigenvalue weighted by molar-refractivity contribution is -0.152. The van der Waals surface area contributed by atoms with Gasteiger partial charge in [-0.3, -0.25) is 24.0 Å². The van der Waals surface area contributed by atoms with Gasteiger partial charge in [0.2, 0.25) is 0 Å². The number of aliphatic carboxylic acids is 4. The monoisotopic (exact) mass is 278 g/mol. The molecule has 0 aliphatic carbocycles. The van der Waals surface area contributed by atoms with Crippen LogP contribution in [0.5, 0.6) is 0 Å². The van der Waals surface area contributed by atoms with Gasteiger partial charge in [-0.15, -0.1) is 0 Å². The van der Waals surface area contributed by atoms with Crippen LogP contribution in [0.2, 0.25) is 0 Å². The topological polar surface area (TPSA) is 183 Å². The van der Waals surface area contributed by atoms with Gasteiger partial charge in [-0.05, 0) is 0 Å². The maximum Gasteiger partial charge on any atom is 0.372 e. The van der Waals surface area contributed by atoms with Gasteiger partial charge in [-0.25, -0.2) is 4.79 Å². The molecule has 0 aliphatic heterocycles. The summed E-state index contributed by atoms with van der Waals surface area (Å²) in [6.07, 6.45) is -2.38. The second kappa shape index (κ2) is 9.27. The SMILES string of the molecule is O=C(O)CC(=O)C(=O)O.O=C(O)CC(=O)CC(=O)O.